The van der Waals surface area contributed by atoms with Crippen LogP contribution in [0.5, 0.6) is 0 Å². The number of hydrogen-bond acceptors (Lipinski definition) is 8. The van der Waals surface area contributed by atoms with Crippen LogP contribution < -0.4 is 0 Å². The number of carbonyl (C=O) groups excluding carboxylic acids is 4. The molecule has 0 fully saturated rings. The standard InChI is InChI=1S/C20H26N2O7/c1-3-27-17(23)13-21(14-18(24)28-4-2)11-7-8-12-29-22-19(25)15-9-5-6-10-16(15)20(22)26/h5-6,9-10H,3-4,7-8,11-14H2,1-2H3. The molecule has 9 nitrogen and oxygen atoms in total. The maximum atomic E-state index is 12.2. The fourth-order valence-electron chi connectivity index (χ4n) is 2.87. The van der Waals surface area contributed by atoms with E-state index in [4.69, 9.17) is 14.3 Å². The Morgan fingerprint density at radius 2 is 1.41 bits per heavy atom. The molecular formula is C20H26N2O7. The summed E-state index contributed by atoms with van der Waals surface area (Å²) >= 11 is 0. The van der Waals surface area contributed by atoms with Crippen LogP contribution >= 0.6 is 0 Å². The van der Waals surface area contributed by atoms with Gasteiger partial charge in [0.25, 0.3) is 11.8 Å². The van der Waals surface area contributed by atoms with E-state index >= 15 is 0 Å². The number of amides is 2. The third-order valence-corrected chi connectivity index (χ3v) is 4.16. The topological polar surface area (TPSA) is 102 Å². The van der Waals surface area contributed by atoms with E-state index < -0.39 is 23.8 Å². The minimum atomic E-state index is -0.475. The van der Waals surface area contributed by atoms with Crippen molar-refractivity contribution in [3.63, 3.8) is 0 Å². The van der Waals surface area contributed by atoms with Crippen LogP contribution in [0.3, 0.4) is 0 Å². The number of carbonyl (C=O) groups is 4. The van der Waals surface area contributed by atoms with Crippen molar-refractivity contribution in [1.29, 1.82) is 0 Å². The van der Waals surface area contributed by atoms with Gasteiger partial charge in [-0.3, -0.25) is 28.9 Å². The van der Waals surface area contributed by atoms with Gasteiger partial charge in [-0.2, -0.15) is 0 Å². The molecule has 0 bridgehead atoms. The van der Waals surface area contributed by atoms with Gasteiger partial charge in [-0.25, -0.2) is 0 Å². The Morgan fingerprint density at radius 1 is 0.897 bits per heavy atom. The van der Waals surface area contributed by atoms with Crippen molar-refractivity contribution < 1.29 is 33.5 Å². The first-order valence-corrected chi connectivity index (χ1v) is 9.62. The highest BCUT2D eigenvalue weighted by Crippen LogP contribution is 2.22. The average Bonchev–Trinajstić information content (AvgIpc) is 2.93. The van der Waals surface area contributed by atoms with E-state index in [1.165, 1.54) is 0 Å². The summed E-state index contributed by atoms with van der Waals surface area (Å²) in [6, 6.07) is 6.55. The molecule has 1 aromatic rings. The van der Waals surface area contributed by atoms with E-state index in [9.17, 15) is 19.2 Å². The minimum absolute atomic E-state index is 0.0219. The highest BCUT2D eigenvalue weighted by atomic mass is 16.7. The lowest BCUT2D eigenvalue weighted by atomic mass is 10.1. The first kappa shape index (κ1) is 22.5. The average molecular weight is 406 g/mol. The second kappa shape index (κ2) is 11.3. The molecule has 2 amide bonds. The van der Waals surface area contributed by atoms with Crippen molar-refractivity contribution in [3.05, 3.63) is 35.4 Å². The van der Waals surface area contributed by atoms with Crippen molar-refractivity contribution in [3.8, 4) is 0 Å². The molecule has 29 heavy (non-hydrogen) atoms. The van der Waals surface area contributed by atoms with Crippen LogP contribution in [0.2, 0.25) is 0 Å². The lowest BCUT2D eigenvalue weighted by Gasteiger charge is -2.20. The van der Waals surface area contributed by atoms with Gasteiger partial charge in [0.05, 0.1) is 44.0 Å². The van der Waals surface area contributed by atoms with E-state index in [1.807, 2.05) is 0 Å². The summed E-state index contributed by atoms with van der Waals surface area (Å²) in [6.45, 7) is 4.49. The van der Waals surface area contributed by atoms with Crippen molar-refractivity contribution in [2.24, 2.45) is 0 Å². The number of esters is 2. The Bertz CT molecular complexity index is 695. The summed E-state index contributed by atoms with van der Waals surface area (Å²) in [4.78, 5) is 54.9. The van der Waals surface area contributed by atoms with Crippen molar-refractivity contribution in [2.75, 3.05) is 39.5 Å². The molecule has 0 saturated heterocycles. The van der Waals surface area contributed by atoms with Crippen molar-refractivity contribution in [1.82, 2.24) is 9.96 Å². The summed E-state index contributed by atoms with van der Waals surface area (Å²) in [5.41, 5.74) is 0.653. The first-order valence-electron chi connectivity index (χ1n) is 9.62. The number of ether oxygens (including phenoxy) is 2. The van der Waals surface area contributed by atoms with Gasteiger partial charge in [-0.1, -0.05) is 12.1 Å². The molecule has 0 unspecified atom stereocenters. The molecule has 0 atom stereocenters. The number of benzene rings is 1. The fourth-order valence-corrected chi connectivity index (χ4v) is 2.87. The quantitative estimate of drug-likeness (QED) is 0.292. The Labute approximate surface area is 169 Å². The monoisotopic (exact) mass is 406 g/mol. The Kier molecular flexibility index (Phi) is 8.75. The van der Waals surface area contributed by atoms with Crippen LogP contribution in [0.4, 0.5) is 0 Å². The summed E-state index contributed by atoms with van der Waals surface area (Å²) in [7, 11) is 0. The first-order chi connectivity index (χ1) is 14.0. The van der Waals surface area contributed by atoms with E-state index in [1.54, 1.807) is 43.0 Å². The summed E-state index contributed by atoms with van der Waals surface area (Å²) < 4.78 is 9.85. The zero-order valence-corrected chi connectivity index (χ0v) is 16.7. The molecule has 1 heterocycles. The number of rotatable bonds is 12. The lowest BCUT2D eigenvalue weighted by Crippen LogP contribution is -2.37. The predicted molar refractivity (Wildman–Crippen MR) is 102 cm³/mol. The molecule has 158 valence electrons. The summed E-state index contributed by atoms with van der Waals surface area (Å²) in [6.07, 6.45) is 1.11. The van der Waals surface area contributed by atoms with Gasteiger partial charge < -0.3 is 9.47 Å². The van der Waals surface area contributed by atoms with Crippen LogP contribution in [-0.2, 0) is 23.9 Å². The fraction of sp³-hybridized carbons (Fsp3) is 0.500. The van der Waals surface area contributed by atoms with Gasteiger partial charge in [0.15, 0.2) is 0 Å². The SMILES string of the molecule is CCOC(=O)CN(CCCCON1C(=O)c2ccccc2C1=O)CC(=O)OCC. The zero-order valence-electron chi connectivity index (χ0n) is 16.7. The summed E-state index contributed by atoms with van der Waals surface area (Å²) in [5, 5.41) is 0.777. The maximum absolute atomic E-state index is 12.2. The maximum Gasteiger partial charge on any atom is 0.320 e. The normalized spacial score (nSPS) is 13.0. The number of imide groups is 1. The smallest absolute Gasteiger partial charge is 0.320 e. The van der Waals surface area contributed by atoms with Gasteiger partial charge in [-0.05, 0) is 45.4 Å². The molecule has 0 aliphatic carbocycles. The van der Waals surface area contributed by atoms with Gasteiger partial charge in [0.1, 0.15) is 0 Å². The molecule has 0 radical (unpaired) electrons. The highest BCUT2D eigenvalue weighted by Gasteiger charge is 2.36. The van der Waals surface area contributed by atoms with Gasteiger partial charge >= 0.3 is 11.9 Å². The third kappa shape index (κ3) is 6.37. The number of hydroxylamine groups is 2. The van der Waals surface area contributed by atoms with Crippen LogP contribution in [0.1, 0.15) is 47.4 Å². The molecule has 0 spiro atoms. The molecule has 1 aromatic carbocycles. The Hall–Kier alpha value is -2.78. The predicted octanol–water partition coefficient (Wildman–Crippen LogP) is 1.42. The zero-order chi connectivity index (χ0) is 21.2. The van der Waals surface area contributed by atoms with Crippen LogP contribution in [0.25, 0.3) is 0 Å². The second-order valence-corrected chi connectivity index (χ2v) is 6.31. The Morgan fingerprint density at radius 3 is 1.90 bits per heavy atom. The summed E-state index contributed by atoms with van der Waals surface area (Å²) in [5.74, 6) is -1.79. The van der Waals surface area contributed by atoms with Gasteiger partial charge in [-0.15, -0.1) is 5.06 Å². The largest absolute Gasteiger partial charge is 0.465 e. The molecule has 2 rings (SSSR count). The molecule has 9 heteroatoms. The second-order valence-electron chi connectivity index (χ2n) is 6.31. The molecule has 1 aliphatic rings. The molecule has 0 aromatic heterocycles. The molecule has 0 N–H and O–H groups in total. The van der Waals surface area contributed by atoms with Gasteiger partial charge in [0, 0.05) is 0 Å². The number of hydrogen-bond donors (Lipinski definition) is 0. The van der Waals surface area contributed by atoms with Crippen LogP contribution in [0, 0.1) is 0 Å². The third-order valence-electron chi connectivity index (χ3n) is 4.16. The van der Waals surface area contributed by atoms with E-state index in [0.29, 0.717) is 30.5 Å². The minimum Gasteiger partial charge on any atom is -0.465 e. The van der Waals surface area contributed by atoms with E-state index in [-0.39, 0.29) is 32.9 Å². The number of unbranched alkanes of at least 4 members (excludes halogenated alkanes) is 1. The van der Waals surface area contributed by atoms with Gasteiger partial charge in [0.2, 0.25) is 0 Å². The molecule has 1 aliphatic heterocycles. The van der Waals surface area contributed by atoms with E-state index in [0.717, 1.165) is 5.06 Å². The van der Waals surface area contributed by atoms with Crippen LogP contribution in [-0.4, -0.2) is 73.2 Å². The van der Waals surface area contributed by atoms with Crippen molar-refractivity contribution in [2.45, 2.75) is 26.7 Å². The van der Waals surface area contributed by atoms with Crippen molar-refractivity contribution >= 4 is 23.8 Å². The Balaban J connectivity index is 1.77. The number of nitrogens with zero attached hydrogens (tertiary/aromatic N) is 2. The lowest BCUT2D eigenvalue weighted by molar-refractivity contribution is -0.148. The number of fused-ring (bicyclic) bond motifs is 1. The van der Waals surface area contributed by atoms with Crippen LogP contribution in [0.15, 0.2) is 24.3 Å². The highest BCUT2D eigenvalue weighted by molar-refractivity contribution is 6.20. The van der Waals surface area contributed by atoms with E-state index in [2.05, 4.69) is 0 Å². The molecular weight excluding hydrogens is 380 g/mol. The molecule has 0 saturated carbocycles.